The number of nitrogens with zero attached hydrogens (tertiary/aromatic N) is 1. The fourth-order valence-electron chi connectivity index (χ4n) is 2.16. The molecule has 0 aromatic heterocycles. The molecule has 1 atom stereocenters. The summed E-state index contributed by atoms with van der Waals surface area (Å²) >= 11 is 0. The predicted octanol–water partition coefficient (Wildman–Crippen LogP) is 3.33. The molecule has 0 heterocycles. The zero-order valence-electron chi connectivity index (χ0n) is 11.2. The van der Waals surface area contributed by atoms with Gasteiger partial charge in [-0.2, -0.15) is 0 Å². The highest BCUT2D eigenvalue weighted by atomic mass is 15.2. The average molecular weight is 232 g/mol. The number of benzene rings is 1. The zero-order chi connectivity index (χ0) is 12.4. The summed E-state index contributed by atoms with van der Waals surface area (Å²) in [5.41, 5.74) is 8.42. The van der Waals surface area contributed by atoms with Gasteiger partial charge < -0.3 is 10.6 Å². The lowest BCUT2D eigenvalue weighted by molar-refractivity contribution is 0.644. The average Bonchev–Trinajstić information content (AvgIpc) is 3.09. The number of anilines is 1. The van der Waals surface area contributed by atoms with Gasteiger partial charge in [0.2, 0.25) is 0 Å². The molecule has 2 N–H and O–H groups in total. The fourth-order valence-corrected chi connectivity index (χ4v) is 2.16. The first-order valence-electron chi connectivity index (χ1n) is 6.70. The van der Waals surface area contributed by atoms with Crippen molar-refractivity contribution in [3.63, 3.8) is 0 Å². The molecule has 0 aliphatic heterocycles. The van der Waals surface area contributed by atoms with E-state index < -0.39 is 0 Å². The Hall–Kier alpha value is -1.02. The Morgan fingerprint density at radius 1 is 1.18 bits per heavy atom. The summed E-state index contributed by atoms with van der Waals surface area (Å²) in [6, 6.07) is 9.42. The van der Waals surface area contributed by atoms with Crippen molar-refractivity contribution in [2.75, 3.05) is 11.4 Å². The number of nitrogens with two attached hydrogens (primary N) is 1. The molecule has 0 unspecified atom stereocenters. The first-order chi connectivity index (χ1) is 8.08. The largest absolute Gasteiger partial charge is 0.369 e. The third kappa shape index (κ3) is 3.22. The summed E-state index contributed by atoms with van der Waals surface area (Å²) in [7, 11) is 0. The van der Waals surface area contributed by atoms with E-state index in [1.165, 1.54) is 30.6 Å². The van der Waals surface area contributed by atoms with Gasteiger partial charge in [0, 0.05) is 24.3 Å². The van der Waals surface area contributed by atoms with Gasteiger partial charge in [0.15, 0.2) is 0 Å². The van der Waals surface area contributed by atoms with Gasteiger partial charge in [0.25, 0.3) is 0 Å². The van der Waals surface area contributed by atoms with Crippen molar-refractivity contribution in [2.45, 2.75) is 45.7 Å². The highest BCUT2D eigenvalue weighted by Gasteiger charge is 2.25. The van der Waals surface area contributed by atoms with Gasteiger partial charge in [-0.1, -0.05) is 12.1 Å². The van der Waals surface area contributed by atoms with Crippen LogP contribution in [0.15, 0.2) is 24.3 Å². The van der Waals surface area contributed by atoms with E-state index in [4.69, 9.17) is 5.73 Å². The molecular formula is C15H24N2. The van der Waals surface area contributed by atoms with Crippen molar-refractivity contribution < 1.29 is 0 Å². The lowest BCUT2D eigenvalue weighted by Gasteiger charge is -2.29. The molecular weight excluding hydrogens is 208 g/mol. The summed E-state index contributed by atoms with van der Waals surface area (Å²) in [4.78, 5) is 2.50. The monoisotopic (exact) mass is 232 g/mol. The summed E-state index contributed by atoms with van der Waals surface area (Å²) in [6.07, 6.45) is 2.81. The molecule has 0 spiro atoms. The Balaban J connectivity index is 2.11. The van der Waals surface area contributed by atoms with E-state index in [1.807, 2.05) is 6.92 Å². The summed E-state index contributed by atoms with van der Waals surface area (Å²) in [5.74, 6) is 0.922. The molecule has 1 aromatic carbocycles. The topological polar surface area (TPSA) is 29.3 Å². The summed E-state index contributed by atoms with van der Waals surface area (Å²) < 4.78 is 0. The molecule has 0 saturated heterocycles. The van der Waals surface area contributed by atoms with Crippen LogP contribution in [-0.4, -0.2) is 12.6 Å². The maximum absolute atomic E-state index is 5.88. The van der Waals surface area contributed by atoms with Crippen molar-refractivity contribution in [1.82, 2.24) is 0 Å². The van der Waals surface area contributed by atoms with Crippen molar-refractivity contribution in [3.05, 3.63) is 29.8 Å². The number of hydrogen-bond donors (Lipinski definition) is 1. The Morgan fingerprint density at radius 3 is 2.18 bits per heavy atom. The third-order valence-corrected chi connectivity index (χ3v) is 3.53. The minimum Gasteiger partial charge on any atom is -0.369 e. The highest BCUT2D eigenvalue weighted by Crippen LogP contribution is 2.32. The Labute approximate surface area is 105 Å². The summed E-state index contributed by atoms with van der Waals surface area (Å²) in [6.45, 7) is 7.76. The molecule has 2 heteroatoms. The Kier molecular flexibility index (Phi) is 3.72. The molecule has 1 aliphatic rings. The minimum absolute atomic E-state index is 0.125. The zero-order valence-corrected chi connectivity index (χ0v) is 11.2. The summed E-state index contributed by atoms with van der Waals surface area (Å²) in [5, 5.41) is 0. The molecule has 17 heavy (non-hydrogen) atoms. The van der Waals surface area contributed by atoms with E-state index >= 15 is 0 Å². The number of hydrogen-bond acceptors (Lipinski definition) is 2. The van der Waals surface area contributed by atoms with Gasteiger partial charge in [-0.15, -0.1) is 0 Å². The van der Waals surface area contributed by atoms with Crippen molar-refractivity contribution >= 4 is 5.69 Å². The minimum atomic E-state index is 0.125. The van der Waals surface area contributed by atoms with E-state index in [9.17, 15) is 0 Å². The highest BCUT2D eigenvalue weighted by molar-refractivity contribution is 5.49. The number of rotatable bonds is 5. The first kappa shape index (κ1) is 12.4. The van der Waals surface area contributed by atoms with Crippen LogP contribution in [0, 0.1) is 5.92 Å². The van der Waals surface area contributed by atoms with Gasteiger partial charge in [-0.3, -0.25) is 0 Å². The maximum Gasteiger partial charge on any atom is 0.0368 e. The molecule has 0 amide bonds. The normalized spacial score (nSPS) is 17.2. The maximum atomic E-state index is 5.88. The molecule has 1 aliphatic carbocycles. The van der Waals surface area contributed by atoms with Crippen LogP contribution in [0.5, 0.6) is 0 Å². The smallest absolute Gasteiger partial charge is 0.0368 e. The molecule has 1 saturated carbocycles. The molecule has 0 radical (unpaired) electrons. The van der Waals surface area contributed by atoms with E-state index in [1.54, 1.807) is 0 Å². The Bertz CT molecular complexity index is 350. The van der Waals surface area contributed by atoms with Gasteiger partial charge in [-0.25, -0.2) is 0 Å². The standard InChI is InChI=1S/C15H24N2/c1-11(2)17(10-13-4-5-13)15-8-6-14(7-9-15)12(3)16/h6-9,11-13H,4-5,10,16H2,1-3H3/t12-/m0/s1. The molecule has 0 bridgehead atoms. The van der Waals surface area contributed by atoms with Gasteiger partial charge >= 0.3 is 0 Å². The lowest BCUT2D eigenvalue weighted by atomic mass is 10.1. The van der Waals surface area contributed by atoms with E-state index in [0.717, 1.165) is 5.92 Å². The first-order valence-corrected chi connectivity index (χ1v) is 6.70. The molecule has 2 rings (SSSR count). The molecule has 94 valence electrons. The predicted molar refractivity (Wildman–Crippen MR) is 74.3 cm³/mol. The van der Waals surface area contributed by atoms with Gasteiger partial charge in [0.1, 0.15) is 0 Å². The molecule has 1 fully saturated rings. The second kappa shape index (κ2) is 5.09. The van der Waals surface area contributed by atoms with Crippen LogP contribution >= 0.6 is 0 Å². The Morgan fingerprint density at radius 2 is 1.76 bits per heavy atom. The SMILES string of the molecule is CC(C)N(CC1CC1)c1ccc([C@H](C)N)cc1. The quantitative estimate of drug-likeness (QED) is 0.843. The van der Waals surface area contributed by atoms with Crippen LogP contribution in [0.2, 0.25) is 0 Å². The van der Waals surface area contributed by atoms with Crippen molar-refractivity contribution in [1.29, 1.82) is 0 Å². The van der Waals surface area contributed by atoms with E-state index in [0.29, 0.717) is 6.04 Å². The third-order valence-electron chi connectivity index (χ3n) is 3.53. The molecule has 1 aromatic rings. The van der Waals surface area contributed by atoms with Crippen LogP contribution in [-0.2, 0) is 0 Å². The second-order valence-electron chi connectivity index (χ2n) is 5.57. The van der Waals surface area contributed by atoms with Crippen molar-refractivity contribution in [2.24, 2.45) is 11.7 Å². The van der Waals surface area contributed by atoms with Gasteiger partial charge in [0.05, 0.1) is 0 Å². The lowest BCUT2D eigenvalue weighted by Crippen LogP contribution is -2.32. The van der Waals surface area contributed by atoms with E-state index in [-0.39, 0.29) is 6.04 Å². The van der Waals surface area contributed by atoms with Crippen LogP contribution in [0.1, 0.15) is 45.2 Å². The van der Waals surface area contributed by atoms with Crippen LogP contribution in [0.3, 0.4) is 0 Å². The van der Waals surface area contributed by atoms with E-state index in [2.05, 4.69) is 43.0 Å². The van der Waals surface area contributed by atoms with Crippen molar-refractivity contribution in [3.8, 4) is 0 Å². The second-order valence-corrected chi connectivity index (χ2v) is 5.57. The van der Waals surface area contributed by atoms with Gasteiger partial charge in [-0.05, 0) is 57.2 Å². The van der Waals surface area contributed by atoms with Crippen LogP contribution < -0.4 is 10.6 Å². The molecule has 2 nitrogen and oxygen atoms in total. The van der Waals surface area contributed by atoms with Crippen LogP contribution in [0.25, 0.3) is 0 Å². The van der Waals surface area contributed by atoms with Crippen LogP contribution in [0.4, 0.5) is 5.69 Å². The fraction of sp³-hybridized carbons (Fsp3) is 0.600.